The van der Waals surface area contributed by atoms with Gasteiger partial charge >= 0.3 is 0 Å². The van der Waals surface area contributed by atoms with Gasteiger partial charge in [0.2, 0.25) is 11.8 Å². The smallest absolute Gasteiger partial charge is 0.222 e. The molecule has 27 heavy (non-hydrogen) atoms. The van der Waals surface area contributed by atoms with Crippen molar-refractivity contribution in [2.24, 2.45) is 0 Å². The lowest BCUT2D eigenvalue weighted by molar-refractivity contribution is -0.151. The van der Waals surface area contributed by atoms with Crippen LogP contribution >= 0.6 is 0 Å². The first-order valence-electron chi connectivity index (χ1n) is 9.16. The van der Waals surface area contributed by atoms with E-state index < -0.39 is 0 Å². The maximum absolute atomic E-state index is 12.1. The number of amides is 2. The summed E-state index contributed by atoms with van der Waals surface area (Å²) in [6.07, 6.45) is 0.423. The van der Waals surface area contributed by atoms with Crippen molar-refractivity contribution in [3.63, 3.8) is 0 Å². The zero-order valence-corrected chi connectivity index (χ0v) is 16.4. The van der Waals surface area contributed by atoms with Gasteiger partial charge in [0.05, 0.1) is 18.7 Å². The van der Waals surface area contributed by atoms with Gasteiger partial charge in [0, 0.05) is 45.5 Å². The van der Waals surface area contributed by atoms with E-state index in [1.54, 1.807) is 24.0 Å². The average molecular weight is 372 g/mol. The Labute approximate surface area is 161 Å². The van der Waals surface area contributed by atoms with Crippen LogP contribution in [0.15, 0.2) is 24.3 Å². The molecule has 6 nitrogen and oxygen atoms in total. The van der Waals surface area contributed by atoms with E-state index in [4.69, 9.17) is 4.74 Å². The molecule has 1 aromatic rings. The summed E-state index contributed by atoms with van der Waals surface area (Å²) in [5, 5.41) is 9.83. The Balaban J connectivity index is 2.24. The van der Waals surface area contributed by atoms with E-state index in [0.29, 0.717) is 19.6 Å². The Morgan fingerprint density at radius 2 is 1.93 bits per heavy atom. The van der Waals surface area contributed by atoms with E-state index in [1.807, 2.05) is 31.2 Å². The van der Waals surface area contributed by atoms with E-state index in [9.17, 15) is 14.7 Å². The summed E-state index contributed by atoms with van der Waals surface area (Å²) in [6, 6.07) is 7.40. The predicted octanol–water partition coefficient (Wildman–Crippen LogP) is 1.23. The van der Waals surface area contributed by atoms with E-state index in [2.05, 4.69) is 11.8 Å². The Morgan fingerprint density at radius 3 is 2.44 bits per heavy atom. The van der Waals surface area contributed by atoms with Gasteiger partial charge in [0.1, 0.15) is 6.61 Å². The Bertz CT molecular complexity index is 720. The van der Waals surface area contributed by atoms with Crippen LogP contribution in [0, 0.1) is 11.8 Å². The van der Waals surface area contributed by atoms with E-state index in [0.717, 1.165) is 11.1 Å². The second-order valence-electron chi connectivity index (χ2n) is 6.75. The lowest BCUT2D eigenvalue weighted by Gasteiger charge is -2.55. The lowest BCUT2D eigenvalue weighted by atomic mass is 9.74. The second kappa shape index (κ2) is 9.54. The first-order chi connectivity index (χ1) is 12.9. The number of carbonyl (C=O) groups is 2. The number of aliphatic hydroxyl groups is 1. The van der Waals surface area contributed by atoms with Crippen molar-refractivity contribution in [1.82, 2.24) is 9.80 Å². The third kappa shape index (κ3) is 4.68. The Kier molecular flexibility index (Phi) is 7.40. The number of hydrogen-bond donors (Lipinski definition) is 1. The van der Waals surface area contributed by atoms with Crippen LogP contribution in [0.25, 0.3) is 0 Å². The van der Waals surface area contributed by atoms with Gasteiger partial charge in [-0.05, 0) is 17.7 Å². The third-order valence-corrected chi connectivity index (χ3v) is 5.03. The largest absolute Gasteiger partial charge is 0.394 e. The molecule has 0 aliphatic carbocycles. The minimum absolute atomic E-state index is 0.0213. The number of ether oxygens (including phenoxy) is 1. The maximum atomic E-state index is 12.1. The minimum atomic E-state index is -0.275. The van der Waals surface area contributed by atoms with Crippen molar-refractivity contribution >= 4 is 11.8 Å². The molecule has 0 spiro atoms. The summed E-state index contributed by atoms with van der Waals surface area (Å²) in [7, 11) is 3.35. The first kappa shape index (κ1) is 20.9. The van der Waals surface area contributed by atoms with Crippen LogP contribution in [0.5, 0.6) is 0 Å². The molecule has 1 aliphatic rings. The number of nitrogens with zero attached hydrogens (tertiary/aromatic N) is 2. The quantitative estimate of drug-likeness (QED) is 0.763. The zero-order chi connectivity index (χ0) is 20.0. The molecule has 146 valence electrons. The summed E-state index contributed by atoms with van der Waals surface area (Å²) in [6.45, 7) is 4.04. The number of methoxy groups -OCH3 is 1. The van der Waals surface area contributed by atoms with Gasteiger partial charge in [0.15, 0.2) is 0 Å². The highest BCUT2D eigenvalue weighted by Crippen LogP contribution is 2.41. The Morgan fingerprint density at radius 1 is 1.26 bits per heavy atom. The normalized spacial score (nSPS) is 21.1. The fourth-order valence-electron chi connectivity index (χ4n) is 3.71. The SMILES string of the molecule is CCC(=O)N(C)C[C@@H]1[C@@H](c2ccc(C#CCOC)cc2)[C@@H](CO)N1C(C)=O. The standard InChI is InChI=1S/C21H28N2O4/c1-5-20(26)22(3)13-18-21(19(14-24)23(18)15(2)25)17-10-8-16(9-11-17)7-6-12-27-4/h8-11,18-19,21,24H,5,12-14H2,1-4H3/t18-,19-,21-/m1/s1. The highest BCUT2D eigenvalue weighted by Gasteiger charge is 2.50. The topological polar surface area (TPSA) is 70.1 Å². The summed E-state index contributed by atoms with van der Waals surface area (Å²) in [5.41, 5.74) is 1.92. The highest BCUT2D eigenvalue weighted by molar-refractivity contribution is 5.77. The molecular weight excluding hydrogens is 344 g/mol. The number of likely N-dealkylation sites (N-methyl/N-ethyl adjacent to an activating group) is 1. The predicted molar refractivity (Wildman–Crippen MR) is 103 cm³/mol. The summed E-state index contributed by atoms with van der Waals surface area (Å²) < 4.78 is 4.92. The summed E-state index contributed by atoms with van der Waals surface area (Å²) >= 11 is 0. The molecule has 1 aliphatic heterocycles. The molecular formula is C21H28N2O4. The van der Waals surface area contributed by atoms with E-state index >= 15 is 0 Å². The van der Waals surface area contributed by atoms with Crippen molar-refractivity contribution in [3.05, 3.63) is 35.4 Å². The molecule has 1 fully saturated rings. The van der Waals surface area contributed by atoms with Gasteiger partial charge in [-0.3, -0.25) is 9.59 Å². The van der Waals surface area contributed by atoms with Gasteiger partial charge < -0.3 is 19.6 Å². The number of rotatable bonds is 6. The van der Waals surface area contributed by atoms with Gasteiger partial charge in [0.25, 0.3) is 0 Å². The first-order valence-corrected chi connectivity index (χ1v) is 9.16. The Hall–Kier alpha value is -2.36. The highest BCUT2D eigenvalue weighted by atomic mass is 16.5. The zero-order valence-electron chi connectivity index (χ0n) is 16.4. The van der Waals surface area contributed by atoms with Gasteiger partial charge in [-0.25, -0.2) is 0 Å². The van der Waals surface area contributed by atoms with Gasteiger partial charge in [-0.1, -0.05) is 30.9 Å². The van der Waals surface area contributed by atoms with Crippen molar-refractivity contribution < 1.29 is 19.4 Å². The monoisotopic (exact) mass is 372 g/mol. The molecule has 0 radical (unpaired) electrons. The van der Waals surface area contributed by atoms with Crippen molar-refractivity contribution in [2.45, 2.75) is 38.3 Å². The van der Waals surface area contributed by atoms with Crippen LogP contribution in [0.3, 0.4) is 0 Å². The molecule has 0 unspecified atom stereocenters. The average Bonchev–Trinajstić information content (AvgIpc) is 2.65. The molecule has 1 saturated heterocycles. The van der Waals surface area contributed by atoms with Crippen LogP contribution in [-0.4, -0.2) is 72.7 Å². The number of likely N-dealkylation sites (tertiary alicyclic amines) is 1. The molecule has 1 aromatic carbocycles. The van der Waals surface area contributed by atoms with Crippen LogP contribution in [-0.2, 0) is 14.3 Å². The summed E-state index contributed by atoms with van der Waals surface area (Å²) in [4.78, 5) is 27.4. The second-order valence-corrected chi connectivity index (χ2v) is 6.75. The molecule has 1 heterocycles. The van der Waals surface area contributed by atoms with Crippen molar-refractivity contribution in [2.75, 3.05) is 33.9 Å². The van der Waals surface area contributed by atoms with Crippen molar-refractivity contribution in [1.29, 1.82) is 0 Å². The summed E-state index contributed by atoms with van der Waals surface area (Å²) in [5.74, 6) is 5.86. The fraction of sp³-hybridized carbons (Fsp3) is 0.524. The third-order valence-electron chi connectivity index (χ3n) is 5.03. The van der Waals surface area contributed by atoms with E-state index in [1.165, 1.54) is 6.92 Å². The molecule has 0 bridgehead atoms. The molecule has 0 aromatic heterocycles. The van der Waals surface area contributed by atoms with E-state index in [-0.39, 0.29) is 36.4 Å². The molecule has 3 atom stereocenters. The number of benzene rings is 1. The van der Waals surface area contributed by atoms with Gasteiger partial charge in [-0.2, -0.15) is 0 Å². The van der Waals surface area contributed by atoms with Crippen LogP contribution < -0.4 is 0 Å². The lowest BCUT2D eigenvalue weighted by Crippen LogP contribution is -2.68. The molecule has 1 N–H and O–H groups in total. The maximum Gasteiger partial charge on any atom is 0.222 e. The molecule has 0 saturated carbocycles. The molecule has 6 heteroatoms. The fourth-order valence-corrected chi connectivity index (χ4v) is 3.71. The number of carbonyl (C=O) groups excluding carboxylic acids is 2. The van der Waals surface area contributed by atoms with Gasteiger partial charge in [-0.15, -0.1) is 0 Å². The number of aliphatic hydroxyl groups excluding tert-OH is 1. The van der Waals surface area contributed by atoms with Crippen LogP contribution in [0.4, 0.5) is 0 Å². The van der Waals surface area contributed by atoms with Crippen LogP contribution in [0.2, 0.25) is 0 Å². The molecule has 2 amide bonds. The van der Waals surface area contributed by atoms with Crippen molar-refractivity contribution in [3.8, 4) is 11.8 Å². The van der Waals surface area contributed by atoms with Crippen LogP contribution in [0.1, 0.15) is 37.3 Å². The number of hydrogen-bond acceptors (Lipinski definition) is 4. The minimum Gasteiger partial charge on any atom is -0.394 e. The molecule has 2 rings (SSSR count).